The summed E-state index contributed by atoms with van der Waals surface area (Å²) >= 11 is 0. The lowest BCUT2D eigenvalue weighted by Crippen LogP contribution is -2.32. The predicted molar refractivity (Wildman–Crippen MR) is 110 cm³/mol. The van der Waals surface area contributed by atoms with Gasteiger partial charge in [-0.1, -0.05) is 42.5 Å². The molecule has 3 aromatic carbocycles. The maximum Gasteiger partial charge on any atom is 0.269 e. The second kappa shape index (κ2) is 8.24. The molecule has 29 heavy (non-hydrogen) atoms. The van der Waals surface area contributed by atoms with Crippen molar-refractivity contribution in [3.05, 3.63) is 89.0 Å². The van der Waals surface area contributed by atoms with Crippen molar-refractivity contribution in [2.24, 2.45) is 0 Å². The first-order valence-electron chi connectivity index (χ1n) is 8.74. The summed E-state index contributed by atoms with van der Waals surface area (Å²) in [5.74, 6) is -0.684. The number of hydrogen-bond donors (Lipinski definition) is 1. The summed E-state index contributed by atoms with van der Waals surface area (Å²) in [5, 5.41) is 12.0. The Morgan fingerprint density at radius 1 is 0.897 bits per heavy atom. The van der Waals surface area contributed by atoms with Gasteiger partial charge in [0.05, 0.1) is 9.82 Å². The van der Waals surface area contributed by atoms with Crippen molar-refractivity contribution < 1.29 is 18.1 Å². The highest BCUT2D eigenvalue weighted by molar-refractivity contribution is 7.92. The zero-order valence-corrected chi connectivity index (χ0v) is 16.3. The van der Waals surface area contributed by atoms with Crippen LogP contribution in [0.2, 0.25) is 0 Å². The van der Waals surface area contributed by atoms with E-state index in [1.807, 2.05) is 42.5 Å². The molecule has 7 nitrogen and oxygen atoms in total. The summed E-state index contributed by atoms with van der Waals surface area (Å²) in [5.41, 5.74) is 2.25. The van der Waals surface area contributed by atoms with E-state index in [9.17, 15) is 23.3 Å². The number of carbonyl (C=O) groups excluding carboxylic acids is 1. The Hall–Kier alpha value is -3.52. The third-order valence-electron chi connectivity index (χ3n) is 4.47. The highest BCUT2D eigenvalue weighted by Gasteiger charge is 2.30. The number of hydrogen-bond acceptors (Lipinski definition) is 5. The Bertz CT molecular complexity index is 1130. The molecule has 0 spiro atoms. The van der Waals surface area contributed by atoms with E-state index in [2.05, 4.69) is 5.32 Å². The third kappa shape index (κ3) is 4.49. The van der Waals surface area contributed by atoms with Gasteiger partial charge in [0, 0.05) is 17.8 Å². The van der Waals surface area contributed by atoms with Crippen LogP contribution in [-0.4, -0.2) is 24.5 Å². The average molecular weight is 410 g/mol. The topological polar surface area (TPSA) is 106 Å². The minimum Gasteiger partial charge on any atom is -0.325 e. The standard InChI is InChI=1S/C21H18N2O5S/c1-15(29(27,28)20-13-11-19(12-14-20)23(25)26)21(24)22-18-9-7-17(8-10-18)16-5-3-2-4-6-16/h2-15H,1H3,(H,22,24)/t15-/m1/s1. The first-order valence-corrected chi connectivity index (χ1v) is 10.3. The number of amides is 1. The minimum absolute atomic E-state index is 0.148. The number of rotatable bonds is 6. The smallest absolute Gasteiger partial charge is 0.269 e. The molecule has 0 heterocycles. The van der Waals surface area contributed by atoms with Gasteiger partial charge in [-0.25, -0.2) is 8.42 Å². The van der Waals surface area contributed by atoms with Gasteiger partial charge < -0.3 is 5.32 Å². The fraction of sp³-hybridized carbons (Fsp3) is 0.0952. The Balaban J connectivity index is 1.73. The normalized spacial score (nSPS) is 12.2. The van der Waals surface area contributed by atoms with Crippen LogP contribution in [0.3, 0.4) is 0 Å². The van der Waals surface area contributed by atoms with Gasteiger partial charge in [0.1, 0.15) is 5.25 Å². The van der Waals surface area contributed by atoms with Crippen LogP contribution in [0, 0.1) is 10.1 Å². The van der Waals surface area contributed by atoms with E-state index in [0.717, 1.165) is 35.4 Å². The average Bonchev–Trinajstić information content (AvgIpc) is 2.74. The molecule has 1 N–H and O–H groups in total. The van der Waals surface area contributed by atoms with Crippen molar-refractivity contribution in [3.63, 3.8) is 0 Å². The molecule has 148 valence electrons. The highest BCUT2D eigenvalue weighted by Crippen LogP contribution is 2.23. The van der Waals surface area contributed by atoms with Crippen molar-refractivity contribution in [1.29, 1.82) is 0 Å². The molecule has 0 aliphatic carbocycles. The molecule has 1 atom stereocenters. The second-order valence-corrected chi connectivity index (χ2v) is 8.64. The van der Waals surface area contributed by atoms with Crippen LogP contribution < -0.4 is 5.32 Å². The summed E-state index contributed by atoms with van der Waals surface area (Å²) in [6.07, 6.45) is 0. The number of nitrogens with zero attached hydrogens (tertiary/aromatic N) is 1. The minimum atomic E-state index is -3.99. The number of anilines is 1. The fourth-order valence-corrected chi connectivity index (χ4v) is 3.99. The molecule has 8 heteroatoms. The van der Waals surface area contributed by atoms with E-state index >= 15 is 0 Å². The molecule has 0 fully saturated rings. The molecule has 0 saturated carbocycles. The zero-order chi connectivity index (χ0) is 21.0. The Morgan fingerprint density at radius 3 is 2.00 bits per heavy atom. The van der Waals surface area contributed by atoms with Gasteiger partial charge in [0.2, 0.25) is 5.91 Å². The number of nitro groups is 1. The van der Waals surface area contributed by atoms with Gasteiger partial charge in [0.15, 0.2) is 9.84 Å². The summed E-state index contributed by atoms with van der Waals surface area (Å²) in [7, 11) is -3.99. The number of carbonyl (C=O) groups is 1. The molecule has 0 radical (unpaired) electrons. The number of non-ortho nitro benzene ring substituents is 1. The first-order chi connectivity index (χ1) is 13.8. The highest BCUT2D eigenvalue weighted by atomic mass is 32.2. The monoisotopic (exact) mass is 410 g/mol. The van der Waals surface area contributed by atoms with Crippen LogP contribution in [0.15, 0.2) is 83.8 Å². The molecule has 1 amide bonds. The molecule has 3 rings (SSSR count). The Morgan fingerprint density at radius 2 is 1.45 bits per heavy atom. The fourth-order valence-electron chi connectivity index (χ4n) is 2.72. The molecule has 0 aliphatic rings. The SMILES string of the molecule is C[C@H](C(=O)Nc1ccc(-c2ccccc2)cc1)S(=O)(=O)c1ccc([N+](=O)[O-])cc1. The van der Waals surface area contributed by atoms with Crippen LogP contribution >= 0.6 is 0 Å². The zero-order valence-electron chi connectivity index (χ0n) is 15.5. The van der Waals surface area contributed by atoms with Gasteiger partial charge in [-0.2, -0.15) is 0 Å². The summed E-state index contributed by atoms with van der Waals surface area (Å²) in [4.78, 5) is 22.4. The second-order valence-electron chi connectivity index (χ2n) is 6.37. The molecular weight excluding hydrogens is 392 g/mol. The van der Waals surface area contributed by atoms with Gasteiger partial charge in [-0.3, -0.25) is 14.9 Å². The summed E-state index contributed by atoms with van der Waals surface area (Å²) in [6.45, 7) is 1.28. The lowest BCUT2D eigenvalue weighted by atomic mass is 10.1. The third-order valence-corrected chi connectivity index (χ3v) is 6.54. The molecule has 3 aromatic rings. The van der Waals surface area contributed by atoms with Crippen LogP contribution in [-0.2, 0) is 14.6 Å². The number of sulfone groups is 1. The van der Waals surface area contributed by atoms with E-state index in [-0.39, 0.29) is 10.6 Å². The van der Waals surface area contributed by atoms with E-state index < -0.39 is 25.9 Å². The maximum absolute atomic E-state index is 12.7. The van der Waals surface area contributed by atoms with Crippen molar-refractivity contribution in [2.75, 3.05) is 5.32 Å². The molecule has 0 saturated heterocycles. The van der Waals surface area contributed by atoms with Crippen LogP contribution in [0.25, 0.3) is 11.1 Å². The van der Waals surface area contributed by atoms with Gasteiger partial charge in [0.25, 0.3) is 5.69 Å². The van der Waals surface area contributed by atoms with E-state index in [1.54, 1.807) is 12.1 Å². The molecule has 0 aliphatic heterocycles. The predicted octanol–water partition coefficient (Wildman–Crippen LogP) is 4.06. The van der Waals surface area contributed by atoms with Crippen LogP contribution in [0.1, 0.15) is 6.92 Å². The Kier molecular flexibility index (Phi) is 5.74. The van der Waals surface area contributed by atoms with Crippen molar-refractivity contribution >= 4 is 27.1 Å². The van der Waals surface area contributed by atoms with E-state index in [0.29, 0.717) is 5.69 Å². The molecule has 0 aromatic heterocycles. The van der Waals surface area contributed by atoms with E-state index in [4.69, 9.17) is 0 Å². The van der Waals surface area contributed by atoms with Crippen molar-refractivity contribution in [1.82, 2.24) is 0 Å². The van der Waals surface area contributed by atoms with Crippen molar-refractivity contribution in [2.45, 2.75) is 17.1 Å². The number of nitro benzene ring substituents is 1. The van der Waals surface area contributed by atoms with Gasteiger partial charge >= 0.3 is 0 Å². The first kappa shape index (κ1) is 20.2. The summed E-state index contributed by atoms with van der Waals surface area (Å²) in [6, 6.07) is 21.2. The number of benzene rings is 3. The van der Waals surface area contributed by atoms with Crippen LogP contribution in [0.4, 0.5) is 11.4 Å². The molecular formula is C21H18N2O5S. The van der Waals surface area contributed by atoms with Crippen LogP contribution in [0.5, 0.6) is 0 Å². The van der Waals surface area contributed by atoms with E-state index in [1.165, 1.54) is 6.92 Å². The Labute approximate surface area is 168 Å². The summed E-state index contributed by atoms with van der Waals surface area (Å²) < 4.78 is 25.3. The quantitative estimate of drug-likeness (QED) is 0.487. The maximum atomic E-state index is 12.7. The largest absolute Gasteiger partial charge is 0.325 e. The van der Waals surface area contributed by atoms with Gasteiger partial charge in [-0.15, -0.1) is 0 Å². The lowest BCUT2D eigenvalue weighted by molar-refractivity contribution is -0.384. The molecule has 0 bridgehead atoms. The number of nitrogens with one attached hydrogen (secondary N) is 1. The molecule has 0 unspecified atom stereocenters. The van der Waals surface area contributed by atoms with Crippen molar-refractivity contribution in [3.8, 4) is 11.1 Å². The van der Waals surface area contributed by atoms with Gasteiger partial charge in [-0.05, 0) is 42.3 Å². The lowest BCUT2D eigenvalue weighted by Gasteiger charge is -2.14.